The minimum absolute atomic E-state index is 0.136. The molecular formula is C23H26N4O2S. The average molecular weight is 423 g/mol. The van der Waals surface area contributed by atoms with Crippen LogP contribution in [0.25, 0.3) is 10.2 Å². The molecule has 0 saturated carbocycles. The van der Waals surface area contributed by atoms with Gasteiger partial charge in [-0.3, -0.25) is 9.59 Å². The molecule has 1 aliphatic heterocycles. The number of carbonyl (C=O) groups is 2. The van der Waals surface area contributed by atoms with Crippen LogP contribution in [0.1, 0.15) is 25.0 Å². The first-order valence-electron chi connectivity index (χ1n) is 10.2. The second kappa shape index (κ2) is 8.44. The van der Waals surface area contributed by atoms with Crippen molar-refractivity contribution in [3.05, 3.63) is 53.6 Å². The monoisotopic (exact) mass is 422 g/mol. The number of piperazine rings is 1. The molecule has 1 fully saturated rings. The van der Waals surface area contributed by atoms with E-state index in [0.29, 0.717) is 11.6 Å². The second-order valence-corrected chi connectivity index (χ2v) is 8.93. The third-order valence-electron chi connectivity index (χ3n) is 5.40. The number of benzene rings is 2. The Morgan fingerprint density at radius 3 is 2.77 bits per heavy atom. The summed E-state index contributed by atoms with van der Waals surface area (Å²) in [5.41, 5.74) is 4.28. The molecule has 156 valence electrons. The van der Waals surface area contributed by atoms with Crippen molar-refractivity contribution >= 4 is 44.2 Å². The van der Waals surface area contributed by atoms with E-state index in [1.54, 1.807) is 0 Å². The molecule has 6 nitrogen and oxygen atoms in total. The lowest BCUT2D eigenvalue weighted by atomic mass is 10.1. The van der Waals surface area contributed by atoms with Gasteiger partial charge in [-0.25, -0.2) is 4.98 Å². The Morgan fingerprint density at radius 2 is 2.03 bits per heavy atom. The summed E-state index contributed by atoms with van der Waals surface area (Å²) in [4.78, 5) is 32.9. The van der Waals surface area contributed by atoms with Crippen molar-refractivity contribution in [2.75, 3.05) is 29.9 Å². The lowest BCUT2D eigenvalue weighted by Crippen LogP contribution is -2.54. The number of carbonyl (C=O) groups excluding carboxylic acids is 2. The van der Waals surface area contributed by atoms with Crippen LogP contribution >= 0.6 is 11.3 Å². The third kappa shape index (κ3) is 4.46. The molecule has 0 spiro atoms. The summed E-state index contributed by atoms with van der Waals surface area (Å²) in [6.45, 7) is 8.04. The van der Waals surface area contributed by atoms with Gasteiger partial charge in [-0.15, -0.1) is 0 Å². The number of rotatable bonds is 4. The second-order valence-electron chi connectivity index (χ2n) is 7.90. The Bertz CT molecular complexity index is 1090. The van der Waals surface area contributed by atoms with Crippen LogP contribution in [0.4, 0.5) is 10.8 Å². The quantitative estimate of drug-likeness (QED) is 0.694. The number of anilines is 2. The van der Waals surface area contributed by atoms with Crippen LogP contribution < -0.4 is 10.2 Å². The fraction of sp³-hybridized carbons (Fsp3) is 0.348. The first kappa shape index (κ1) is 20.3. The van der Waals surface area contributed by atoms with E-state index in [0.717, 1.165) is 35.4 Å². The molecule has 0 bridgehead atoms. The summed E-state index contributed by atoms with van der Waals surface area (Å²) >= 11 is 1.43. The predicted molar refractivity (Wildman–Crippen MR) is 122 cm³/mol. The Morgan fingerprint density at radius 1 is 1.20 bits per heavy atom. The standard InChI is InChI=1S/C23H26N4O2S/c1-15-5-4-6-19(11-15)27-10-9-26(14-16(27)2)22(29)13-18-7-8-20-21(12-18)30-23(25-20)24-17(3)28/h4-8,11-12,16H,9-10,13-14H2,1-3H3,(H,24,25,28). The summed E-state index contributed by atoms with van der Waals surface area (Å²) in [5.74, 6) is 0.0140. The highest BCUT2D eigenvalue weighted by Crippen LogP contribution is 2.27. The Labute approximate surface area is 180 Å². The summed E-state index contributed by atoms with van der Waals surface area (Å²) in [6, 6.07) is 14.7. The van der Waals surface area contributed by atoms with Crippen LogP contribution in [-0.4, -0.2) is 47.4 Å². The smallest absolute Gasteiger partial charge is 0.227 e. The average Bonchev–Trinajstić information content (AvgIpc) is 3.08. The number of nitrogens with one attached hydrogen (secondary N) is 1. The molecule has 1 saturated heterocycles. The number of nitrogens with zero attached hydrogens (tertiary/aromatic N) is 3. The van der Waals surface area contributed by atoms with E-state index in [9.17, 15) is 9.59 Å². The van der Waals surface area contributed by atoms with Gasteiger partial charge in [-0.1, -0.05) is 29.5 Å². The molecule has 1 N–H and O–H groups in total. The van der Waals surface area contributed by atoms with Crippen molar-refractivity contribution in [1.82, 2.24) is 9.88 Å². The molecule has 30 heavy (non-hydrogen) atoms. The maximum Gasteiger partial charge on any atom is 0.227 e. The first-order valence-corrected chi connectivity index (χ1v) is 11.0. The molecule has 0 aliphatic carbocycles. The number of thiazole rings is 1. The topological polar surface area (TPSA) is 65.5 Å². The summed E-state index contributed by atoms with van der Waals surface area (Å²) in [6.07, 6.45) is 0.375. The summed E-state index contributed by atoms with van der Waals surface area (Å²) in [5, 5.41) is 3.31. The normalized spacial score (nSPS) is 16.7. The number of aromatic nitrogens is 1. The van der Waals surface area contributed by atoms with E-state index >= 15 is 0 Å². The van der Waals surface area contributed by atoms with Gasteiger partial charge in [-0.05, 0) is 49.2 Å². The minimum atomic E-state index is -0.136. The summed E-state index contributed by atoms with van der Waals surface area (Å²) in [7, 11) is 0. The van der Waals surface area contributed by atoms with Crippen LogP contribution in [0, 0.1) is 6.92 Å². The van der Waals surface area contributed by atoms with Crippen molar-refractivity contribution < 1.29 is 9.59 Å². The molecule has 1 unspecified atom stereocenters. The van der Waals surface area contributed by atoms with E-state index in [1.165, 1.54) is 29.5 Å². The van der Waals surface area contributed by atoms with E-state index in [2.05, 4.69) is 53.3 Å². The number of amides is 2. The lowest BCUT2D eigenvalue weighted by Gasteiger charge is -2.41. The Kier molecular flexibility index (Phi) is 5.72. The van der Waals surface area contributed by atoms with Crippen molar-refractivity contribution in [3.63, 3.8) is 0 Å². The van der Waals surface area contributed by atoms with Gasteiger partial charge in [0.05, 0.1) is 16.6 Å². The van der Waals surface area contributed by atoms with Gasteiger partial charge in [0, 0.05) is 38.3 Å². The SMILES string of the molecule is CC(=O)Nc1nc2ccc(CC(=O)N3CCN(c4cccc(C)c4)C(C)C3)cc2s1. The largest absolute Gasteiger partial charge is 0.365 e. The minimum Gasteiger partial charge on any atom is -0.365 e. The van der Waals surface area contributed by atoms with Crippen molar-refractivity contribution in [2.45, 2.75) is 33.2 Å². The zero-order valence-corrected chi connectivity index (χ0v) is 18.3. The summed E-state index contributed by atoms with van der Waals surface area (Å²) < 4.78 is 0.974. The Hall–Kier alpha value is -2.93. The van der Waals surface area contributed by atoms with Gasteiger partial charge in [0.1, 0.15) is 0 Å². The molecule has 1 aliphatic rings. The number of fused-ring (bicyclic) bond motifs is 1. The molecule has 3 aromatic rings. The van der Waals surface area contributed by atoms with Crippen LogP contribution in [0.5, 0.6) is 0 Å². The van der Waals surface area contributed by atoms with E-state index < -0.39 is 0 Å². The number of aryl methyl sites for hydroxylation is 1. The maximum absolute atomic E-state index is 12.9. The van der Waals surface area contributed by atoms with Gasteiger partial charge < -0.3 is 15.1 Å². The molecule has 0 radical (unpaired) electrons. The highest BCUT2D eigenvalue weighted by Gasteiger charge is 2.27. The first-order chi connectivity index (χ1) is 14.4. The van der Waals surface area contributed by atoms with Gasteiger partial charge >= 0.3 is 0 Å². The van der Waals surface area contributed by atoms with Crippen LogP contribution in [0.15, 0.2) is 42.5 Å². The maximum atomic E-state index is 12.9. The van der Waals surface area contributed by atoms with Crippen molar-refractivity contribution in [2.24, 2.45) is 0 Å². The third-order valence-corrected chi connectivity index (χ3v) is 6.34. The molecule has 1 atom stereocenters. The Balaban J connectivity index is 1.41. The number of hydrogen-bond donors (Lipinski definition) is 1. The van der Waals surface area contributed by atoms with E-state index in [1.807, 2.05) is 23.1 Å². The fourth-order valence-corrected chi connectivity index (χ4v) is 4.92. The lowest BCUT2D eigenvalue weighted by molar-refractivity contribution is -0.131. The van der Waals surface area contributed by atoms with Gasteiger partial charge in [0.25, 0.3) is 0 Å². The van der Waals surface area contributed by atoms with E-state index in [4.69, 9.17) is 0 Å². The fourth-order valence-electron chi connectivity index (χ4n) is 3.94. The molecule has 1 aromatic heterocycles. The molecular weight excluding hydrogens is 396 g/mol. The molecule has 2 heterocycles. The van der Waals surface area contributed by atoms with Crippen LogP contribution in [-0.2, 0) is 16.0 Å². The molecule has 7 heteroatoms. The number of hydrogen-bond acceptors (Lipinski definition) is 5. The van der Waals surface area contributed by atoms with Gasteiger partial charge in [0.15, 0.2) is 5.13 Å². The van der Waals surface area contributed by atoms with Gasteiger partial charge in [0.2, 0.25) is 11.8 Å². The molecule has 2 aromatic carbocycles. The highest BCUT2D eigenvalue weighted by atomic mass is 32.1. The molecule has 2 amide bonds. The van der Waals surface area contributed by atoms with Crippen LogP contribution in [0.3, 0.4) is 0 Å². The zero-order chi connectivity index (χ0) is 21.3. The van der Waals surface area contributed by atoms with Crippen molar-refractivity contribution in [3.8, 4) is 0 Å². The highest BCUT2D eigenvalue weighted by molar-refractivity contribution is 7.22. The van der Waals surface area contributed by atoms with Crippen molar-refractivity contribution in [1.29, 1.82) is 0 Å². The molecule has 4 rings (SSSR count). The zero-order valence-electron chi connectivity index (χ0n) is 17.5. The predicted octanol–water partition coefficient (Wildman–Crippen LogP) is 3.84. The van der Waals surface area contributed by atoms with E-state index in [-0.39, 0.29) is 17.9 Å². The van der Waals surface area contributed by atoms with Crippen LogP contribution in [0.2, 0.25) is 0 Å². The van der Waals surface area contributed by atoms with Gasteiger partial charge in [-0.2, -0.15) is 0 Å².